The molecule has 1 saturated carbocycles. The lowest BCUT2D eigenvalue weighted by atomic mass is 10.00. The van der Waals surface area contributed by atoms with E-state index in [0.29, 0.717) is 18.4 Å². The highest BCUT2D eigenvalue weighted by atomic mass is 16.5. The van der Waals surface area contributed by atoms with Crippen LogP contribution < -0.4 is 5.32 Å². The van der Waals surface area contributed by atoms with Crippen molar-refractivity contribution in [3.63, 3.8) is 0 Å². The Morgan fingerprint density at radius 1 is 1.32 bits per heavy atom. The number of amides is 1. The highest BCUT2D eigenvalue weighted by Crippen LogP contribution is 2.47. The van der Waals surface area contributed by atoms with Crippen LogP contribution in [0.25, 0.3) is 0 Å². The minimum atomic E-state index is -1.00. The van der Waals surface area contributed by atoms with Crippen LogP contribution in [0.15, 0.2) is 24.3 Å². The Balaban J connectivity index is 1.72. The first-order valence-corrected chi connectivity index (χ1v) is 7.66. The summed E-state index contributed by atoms with van der Waals surface area (Å²) in [6, 6.07) is 8.49. The predicted molar refractivity (Wildman–Crippen MR) is 82.8 cm³/mol. The maximum absolute atomic E-state index is 12.0. The zero-order valence-corrected chi connectivity index (χ0v) is 13.0. The van der Waals surface area contributed by atoms with E-state index in [1.165, 1.54) is 11.1 Å². The maximum atomic E-state index is 12.0. The number of carboxylic acids is 1. The van der Waals surface area contributed by atoms with Gasteiger partial charge in [0.15, 0.2) is 0 Å². The summed E-state index contributed by atoms with van der Waals surface area (Å²) in [7, 11) is 0. The molecule has 0 aromatic heterocycles. The first-order chi connectivity index (χ1) is 10.5. The number of carbonyl (C=O) groups excluding carboxylic acids is 1. The molecule has 1 aliphatic carbocycles. The van der Waals surface area contributed by atoms with Crippen molar-refractivity contribution >= 4 is 11.9 Å². The van der Waals surface area contributed by atoms with Crippen molar-refractivity contribution in [2.24, 2.45) is 5.92 Å². The second-order valence-electron chi connectivity index (χ2n) is 6.01. The number of ether oxygens (including phenoxy) is 1. The Bertz CT molecular complexity index is 524. The number of hydrogen-bond donors (Lipinski definition) is 2. The summed E-state index contributed by atoms with van der Waals surface area (Å²) >= 11 is 0. The van der Waals surface area contributed by atoms with Crippen molar-refractivity contribution in [1.29, 1.82) is 0 Å². The van der Waals surface area contributed by atoms with Crippen molar-refractivity contribution in [1.82, 2.24) is 5.32 Å². The van der Waals surface area contributed by atoms with E-state index < -0.39 is 5.97 Å². The van der Waals surface area contributed by atoms with E-state index >= 15 is 0 Å². The van der Waals surface area contributed by atoms with Gasteiger partial charge in [0.2, 0.25) is 5.91 Å². The van der Waals surface area contributed by atoms with Gasteiger partial charge in [-0.05, 0) is 29.4 Å². The van der Waals surface area contributed by atoms with Gasteiger partial charge in [0, 0.05) is 12.5 Å². The van der Waals surface area contributed by atoms with Gasteiger partial charge in [-0.2, -0.15) is 0 Å². The molecule has 2 N–H and O–H groups in total. The molecule has 22 heavy (non-hydrogen) atoms. The summed E-state index contributed by atoms with van der Waals surface area (Å²) < 4.78 is 4.88. The monoisotopic (exact) mass is 305 g/mol. The Hall–Kier alpha value is -1.88. The summed E-state index contributed by atoms with van der Waals surface area (Å²) in [4.78, 5) is 22.2. The smallest absolute Gasteiger partial charge is 0.329 e. The highest BCUT2D eigenvalue weighted by molar-refractivity contribution is 5.82. The number of rotatable bonds is 8. The van der Waals surface area contributed by atoms with Crippen LogP contribution >= 0.6 is 0 Å². The van der Waals surface area contributed by atoms with E-state index in [0.717, 1.165) is 6.42 Å². The van der Waals surface area contributed by atoms with Crippen LogP contribution in [0.3, 0.4) is 0 Å². The third-order valence-electron chi connectivity index (χ3n) is 3.93. The molecule has 0 saturated heterocycles. The van der Waals surface area contributed by atoms with Crippen LogP contribution in [0.5, 0.6) is 0 Å². The molecule has 1 amide bonds. The lowest BCUT2D eigenvalue weighted by Gasteiger charge is -2.07. The minimum Gasteiger partial charge on any atom is -0.480 e. The summed E-state index contributed by atoms with van der Waals surface area (Å²) in [6.45, 7) is 4.56. The summed E-state index contributed by atoms with van der Waals surface area (Å²) in [6.07, 6.45) is 0.878. The van der Waals surface area contributed by atoms with Crippen LogP contribution in [0.4, 0.5) is 0 Å². The van der Waals surface area contributed by atoms with E-state index in [1.807, 2.05) is 0 Å². The van der Waals surface area contributed by atoms with E-state index in [9.17, 15) is 9.59 Å². The summed E-state index contributed by atoms with van der Waals surface area (Å²) in [5.41, 5.74) is 2.52. The van der Waals surface area contributed by atoms with Crippen molar-refractivity contribution in [3.05, 3.63) is 35.4 Å². The second kappa shape index (κ2) is 7.40. The Morgan fingerprint density at radius 3 is 2.59 bits per heavy atom. The summed E-state index contributed by atoms with van der Waals surface area (Å²) in [5, 5.41) is 11.2. The molecule has 5 nitrogen and oxygen atoms in total. The van der Waals surface area contributed by atoms with Gasteiger partial charge in [0.1, 0.15) is 6.61 Å². The van der Waals surface area contributed by atoms with Gasteiger partial charge in [0.25, 0.3) is 0 Å². The van der Waals surface area contributed by atoms with Gasteiger partial charge in [-0.3, -0.25) is 4.79 Å². The molecule has 1 aliphatic rings. The van der Waals surface area contributed by atoms with Crippen LogP contribution in [0.2, 0.25) is 0 Å². The SMILES string of the molecule is CC(C)c1ccc(C2CC2C(=O)NCCOCC(=O)O)cc1. The number of nitrogens with one attached hydrogen (secondary N) is 1. The summed E-state index contributed by atoms with van der Waals surface area (Å²) in [5.74, 6) is -0.126. The van der Waals surface area contributed by atoms with E-state index in [-0.39, 0.29) is 25.0 Å². The second-order valence-corrected chi connectivity index (χ2v) is 6.01. The topological polar surface area (TPSA) is 75.6 Å². The van der Waals surface area contributed by atoms with Crippen LogP contribution in [0.1, 0.15) is 43.2 Å². The number of hydrogen-bond acceptors (Lipinski definition) is 3. The minimum absolute atomic E-state index is 0.0249. The molecule has 2 atom stereocenters. The zero-order valence-electron chi connectivity index (χ0n) is 13.0. The number of carboxylic acid groups (broad SMARTS) is 1. The van der Waals surface area contributed by atoms with Crippen molar-refractivity contribution < 1.29 is 19.4 Å². The highest BCUT2D eigenvalue weighted by Gasteiger charge is 2.43. The van der Waals surface area contributed by atoms with E-state index in [2.05, 4.69) is 43.4 Å². The average molecular weight is 305 g/mol. The maximum Gasteiger partial charge on any atom is 0.329 e. The van der Waals surface area contributed by atoms with Gasteiger partial charge < -0.3 is 15.2 Å². The third-order valence-corrected chi connectivity index (χ3v) is 3.93. The lowest BCUT2D eigenvalue weighted by Crippen LogP contribution is -2.29. The fourth-order valence-electron chi connectivity index (χ4n) is 2.52. The van der Waals surface area contributed by atoms with Crippen LogP contribution in [-0.4, -0.2) is 36.7 Å². The fourth-order valence-corrected chi connectivity index (χ4v) is 2.52. The molecule has 0 aliphatic heterocycles. The average Bonchev–Trinajstić information content (AvgIpc) is 3.27. The molecule has 1 aromatic rings. The Labute approximate surface area is 130 Å². The third kappa shape index (κ3) is 4.56. The molecule has 0 radical (unpaired) electrons. The quantitative estimate of drug-likeness (QED) is 0.721. The van der Waals surface area contributed by atoms with Gasteiger partial charge in [-0.25, -0.2) is 4.79 Å². The first-order valence-electron chi connectivity index (χ1n) is 7.66. The number of aliphatic carboxylic acids is 1. The molecule has 0 bridgehead atoms. The van der Waals surface area contributed by atoms with Gasteiger partial charge >= 0.3 is 5.97 Å². The first kappa shape index (κ1) is 16.5. The molecule has 1 aromatic carbocycles. The van der Waals surface area contributed by atoms with Crippen molar-refractivity contribution in [3.8, 4) is 0 Å². The molecule has 5 heteroatoms. The lowest BCUT2D eigenvalue weighted by molar-refractivity contribution is -0.142. The Kier molecular flexibility index (Phi) is 5.55. The Morgan fingerprint density at radius 2 is 2.00 bits per heavy atom. The molecule has 1 fully saturated rings. The molecule has 120 valence electrons. The normalized spacial score (nSPS) is 20.0. The zero-order chi connectivity index (χ0) is 16.1. The van der Waals surface area contributed by atoms with E-state index in [4.69, 9.17) is 9.84 Å². The fraction of sp³-hybridized carbons (Fsp3) is 0.529. The molecular weight excluding hydrogens is 282 g/mol. The largest absolute Gasteiger partial charge is 0.480 e. The number of benzene rings is 1. The number of carbonyl (C=O) groups is 2. The van der Waals surface area contributed by atoms with Gasteiger partial charge in [0.05, 0.1) is 6.61 Å². The molecule has 0 spiro atoms. The van der Waals surface area contributed by atoms with Crippen LogP contribution in [0, 0.1) is 5.92 Å². The molecular formula is C17H23NO4. The predicted octanol–water partition coefficient (Wildman–Crippen LogP) is 2.13. The molecule has 0 heterocycles. The van der Waals surface area contributed by atoms with Crippen molar-refractivity contribution in [2.75, 3.05) is 19.8 Å². The van der Waals surface area contributed by atoms with Gasteiger partial charge in [-0.15, -0.1) is 0 Å². The van der Waals surface area contributed by atoms with Crippen LogP contribution in [-0.2, 0) is 14.3 Å². The van der Waals surface area contributed by atoms with Gasteiger partial charge in [-0.1, -0.05) is 38.1 Å². The van der Waals surface area contributed by atoms with E-state index in [1.54, 1.807) is 0 Å². The standard InChI is InChI=1S/C17H23NO4/c1-11(2)12-3-5-13(6-4-12)14-9-15(14)17(21)18-7-8-22-10-16(19)20/h3-6,11,14-15H,7-10H2,1-2H3,(H,18,21)(H,19,20). The van der Waals surface area contributed by atoms with Crippen molar-refractivity contribution in [2.45, 2.75) is 32.1 Å². The molecule has 2 rings (SSSR count). The molecule has 2 unspecified atom stereocenters.